The third-order valence-corrected chi connectivity index (χ3v) is 3.18. The average molecular weight is 213 g/mol. The largest absolute Gasteiger partial charge is 0.382 e. The van der Waals surface area contributed by atoms with Crippen LogP contribution in [0.15, 0.2) is 36.5 Å². The zero-order valence-electron chi connectivity index (χ0n) is 9.06. The third kappa shape index (κ3) is 1.63. The summed E-state index contributed by atoms with van der Waals surface area (Å²) in [6, 6.07) is 11.2. The highest BCUT2D eigenvalue weighted by Gasteiger charge is 2.25. The lowest BCUT2D eigenvalue weighted by molar-refractivity contribution is 0.374. The van der Waals surface area contributed by atoms with Crippen molar-refractivity contribution < 1.29 is 0 Å². The van der Waals surface area contributed by atoms with Gasteiger partial charge in [-0.15, -0.1) is 0 Å². The number of rotatable bonds is 2. The first kappa shape index (κ1) is 9.60. The Labute approximate surface area is 94.7 Å². The molecule has 0 aliphatic heterocycles. The van der Waals surface area contributed by atoms with Crippen molar-refractivity contribution in [3.63, 3.8) is 0 Å². The Morgan fingerprint density at radius 1 is 1.19 bits per heavy atom. The molecule has 1 fully saturated rings. The van der Waals surface area contributed by atoms with Crippen LogP contribution in [0, 0.1) is 0 Å². The minimum absolute atomic E-state index is 0.380. The Kier molecular flexibility index (Phi) is 2.26. The maximum Gasteiger partial charge on any atom is 0.0722 e. The first-order valence-electron chi connectivity index (χ1n) is 5.69. The molecule has 3 heteroatoms. The van der Waals surface area contributed by atoms with Gasteiger partial charge in [0.15, 0.2) is 0 Å². The summed E-state index contributed by atoms with van der Waals surface area (Å²) in [5, 5.41) is 4.72. The maximum absolute atomic E-state index is 5.78. The molecular weight excluding hydrogens is 198 g/mol. The van der Waals surface area contributed by atoms with Gasteiger partial charge in [-0.25, -0.2) is 0 Å². The Bertz CT molecular complexity index is 498. The number of benzene rings is 1. The molecule has 1 heterocycles. The summed E-state index contributed by atoms with van der Waals surface area (Å²) in [5.74, 6) is 0. The van der Waals surface area contributed by atoms with Gasteiger partial charge in [-0.3, -0.25) is 4.98 Å². The Hall–Kier alpha value is -1.61. The molecule has 1 aromatic heterocycles. The Balaban J connectivity index is 1.91. The Morgan fingerprint density at radius 3 is 2.88 bits per heavy atom. The number of nitrogens with zero attached hydrogens (tertiary/aromatic N) is 1. The predicted molar refractivity (Wildman–Crippen MR) is 66.4 cm³/mol. The molecule has 0 amide bonds. The molecule has 1 saturated carbocycles. The molecule has 0 spiro atoms. The van der Waals surface area contributed by atoms with E-state index >= 15 is 0 Å². The van der Waals surface area contributed by atoms with Gasteiger partial charge in [0.1, 0.15) is 0 Å². The summed E-state index contributed by atoms with van der Waals surface area (Å²) >= 11 is 0. The topological polar surface area (TPSA) is 50.9 Å². The van der Waals surface area contributed by atoms with Crippen molar-refractivity contribution in [3.8, 4) is 0 Å². The van der Waals surface area contributed by atoms with E-state index in [-0.39, 0.29) is 0 Å². The van der Waals surface area contributed by atoms with Crippen LogP contribution in [0.4, 0.5) is 5.69 Å². The van der Waals surface area contributed by atoms with E-state index in [1.54, 1.807) is 0 Å². The van der Waals surface area contributed by atoms with E-state index in [1.165, 1.54) is 11.1 Å². The summed E-state index contributed by atoms with van der Waals surface area (Å²) in [6.07, 6.45) is 3.96. The molecule has 0 atom stereocenters. The fraction of sp³-hybridized carbons (Fsp3) is 0.308. The monoisotopic (exact) mass is 213 g/mol. The molecule has 0 saturated heterocycles. The van der Waals surface area contributed by atoms with Gasteiger partial charge in [-0.2, -0.15) is 0 Å². The summed E-state index contributed by atoms with van der Waals surface area (Å²) in [7, 11) is 0. The van der Waals surface area contributed by atoms with Crippen molar-refractivity contribution in [1.29, 1.82) is 0 Å². The SMILES string of the molecule is NC1CC(Nc2cccc3ncccc23)C1. The third-order valence-electron chi connectivity index (χ3n) is 3.18. The van der Waals surface area contributed by atoms with E-state index in [1.807, 2.05) is 24.4 Å². The highest BCUT2D eigenvalue weighted by molar-refractivity contribution is 5.91. The fourth-order valence-corrected chi connectivity index (χ4v) is 2.23. The quantitative estimate of drug-likeness (QED) is 0.803. The molecule has 0 unspecified atom stereocenters. The van der Waals surface area contributed by atoms with E-state index < -0.39 is 0 Å². The number of nitrogens with one attached hydrogen (secondary N) is 1. The van der Waals surface area contributed by atoms with Crippen LogP contribution in [0.1, 0.15) is 12.8 Å². The lowest BCUT2D eigenvalue weighted by atomic mass is 9.87. The summed E-state index contributed by atoms with van der Waals surface area (Å²) < 4.78 is 0. The van der Waals surface area contributed by atoms with E-state index in [9.17, 15) is 0 Å². The normalized spacial score (nSPS) is 24.1. The van der Waals surface area contributed by atoms with E-state index in [4.69, 9.17) is 5.73 Å². The summed E-state index contributed by atoms with van der Waals surface area (Å²) in [4.78, 5) is 4.34. The van der Waals surface area contributed by atoms with Crippen LogP contribution in [0.2, 0.25) is 0 Å². The van der Waals surface area contributed by atoms with E-state index in [0.29, 0.717) is 12.1 Å². The highest BCUT2D eigenvalue weighted by atomic mass is 15.0. The highest BCUT2D eigenvalue weighted by Crippen LogP contribution is 2.27. The minimum Gasteiger partial charge on any atom is -0.382 e. The number of hydrogen-bond donors (Lipinski definition) is 2. The smallest absolute Gasteiger partial charge is 0.0722 e. The van der Waals surface area contributed by atoms with Crippen LogP contribution in [0.25, 0.3) is 10.9 Å². The zero-order chi connectivity index (χ0) is 11.0. The molecular formula is C13H15N3. The van der Waals surface area contributed by atoms with Gasteiger partial charge in [0.05, 0.1) is 5.52 Å². The average Bonchev–Trinajstić information content (AvgIpc) is 2.27. The summed E-state index contributed by atoms with van der Waals surface area (Å²) in [6.45, 7) is 0. The molecule has 2 aromatic rings. The van der Waals surface area contributed by atoms with Crippen molar-refractivity contribution >= 4 is 16.6 Å². The van der Waals surface area contributed by atoms with Crippen LogP contribution in [-0.4, -0.2) is 17.1 Å². The number of anilines is 1. The molecule has 82 valence electrons. The Morgan fingerprint density at radius 2 is 2.06 bits per heavy atom. The molecule has 16 heavy (non-hydrogen) atoms. The van der Waals surface area contributed by atoms with Crippen molar-refractivity contribution in [3.05, 3.63) is 36.5 Å². The molecule has 3 rings (SSSR count). The molecule has 0 bridgehead atoms. The molecule has 3 N–H and O–H groups in total. The fourth-order valence-electron chi connectivity index (χ4n) is 2.23. The van der Waals surface area contributed by atoms with Crippen LogP contribution in [-0.2, 0) is 0 Å². The van der Waals surface area contributed by atoms with E-state index in [0.717, 1.165) is 18.4 Å². The standard InChI is InChI=1S/C13H15N3/c14-9-7-10(8-9)16-13-5-1-4-12-11(13)3-2-6-15-12/h1-6,9-10,16H,7-8,14H2. The minimum atomic E-state index is 0.380. The molecule has 1 aliphatic carbocycles. The number of nitrogens with two attached hydrogens (primary N) is 1. The van der Waals surface area contributed by atoms with Crippen LogP contribution in [0.5, 0.6) is 0 Å². The number of aromatic nitrogens is 1. The van der Waals surface area contributed by atoms with Crippen LogP contribution >= 0.6 is 0 Å². The van der Waals surface area contributed by atoms with Gasteiger partial charge in [-0.05, 0) is 37.1 Å². The van der Waals surface area contributed by atoms with Crippen molar-refractivity contribution in [2.75, 3.05) is 5.32 Å². The molecule has 1 aliphatic rings. The van der Waals surface area contributed by atoms with Gasteiger partial charge >= 0.3 is 0 Å². The lowest BCUT2D eigenvalue weighted by Crippen LogP contribution is -2.44. The van der Waals surface area contributed by atoms with Crippen molar-refractivity contribution in [1.82, 2.24) is 4.98 Å². The van der Waals surface area contributed by atoms with Crippen molar-refractivity contribution in [2.24, 2.45) is 5.73 Å². The lowest BCUT2D eigenvalue weighted by Gasteiger charge is -2.34. The number of pyridine rings is 1. The van der Waals surface area contributed by atoms with Crippen molar-refractivity contribution in [2.45, 2.75) is 24.9 Å². The van der Waals surface area contributed by atoms with Gasteiger partial charge in [0.2, 0.25) is 0 Å². The second kappa shape index (κ2) is 3.76. The maximum atomic E-state index is 5.78. The number of fused-ring (bicyclic) bond motifs is 1. The summed E-state index contributed by atoms with van der Waals surface area (Å²) in [5.41, 5.74) is 7.99. The van der Waals surface area contributed by atoms with E-state index in [2.05, 4.69) is 22.4 Å². The zero-order valence-corrected chi connectivity index (χ0v) is 9.06. The van der Waals surface area contributed by atoms with Gasteiger partial charge in [0.25, 0.3) is 0 Å². The van der Waals surface area contributed by atoms with Gasteiger partial charge in [0, 0.05) is 29.4 Å². The van der Waals surface area contributed by atoms with Gasteiger partial charge in [-0.1, -0.05) is 6.07 Å². The number of hydrogen-bond acceptors (Lipinski definition) is 3. The first-order valence-corrected chi connectivity index (χ1v) is 5.69. The molecule has 3 nitrogen and oxygen atoms in total. The first-order chi connectivity index (χ1) is 7.83. The molecule has 1 aromatic carbocycles. The van der Waals surface area contributed by atoms with Crippen LogP contribution in [0.3, 0.4) is 0 Å². The van der Waals surface area contributed by atoms with Crippen LogP contribution < -0.4 is 11.1 Å². The predicted octanol–water partition coefficient (Wildman–Crippen LogP) is 2.14. The molecule has 0 radical (unpaired) electrons. The second-order valence-corrected chi connectivity index (χ2v) is 4.45. The second-order valence-electron chi connectivity index (χ2n) is 4.45. The van der Waals surface area contributed by atoms with Gasteiger partial charge < -0.3 is 11.1 Å².